The highest BCUT2D eigenvalue weighted by Gasteiger charge is 2.43. The number of carbonyl (C=O) groups excluding carboxylic acids is 2. The molecule has 0 aromatic rings. The summed E-state index contributed by atoms with van der Waals surface area (Å²) in [7, 11) is -4.05. The van der Waals surface area contributed by atoms with Crippen LogP contribution in [0, 0.1) is 5.41 Å². The minimum atomic E-state index is -4.05. The fraction of sp³-hybridized carbons (Fsp3) is 0.850. The molecule has 0 aliphatic carbocycles. The van der Waals surface area contributed by atoms with Gasteiger partial charge in [-0.1, -0.05) is 27.2 Å². The van der Waals surface area contributed by atoms with Crippen molar-refractivity contribution in [1.82, 2.24) is 5.32 Å². The Morgan fingerprint density at radius 2 is 1.62 bits per heavy atom. The summed E-state index contributed by atoms with van der Waals surface area (Å²) < 4.78 is 39.8. The first kappa shape index (κ1) is 30.1. The Kier molecular flexibility index (Phi) is 14.1. The maximum absolute atomic E-state index is 12.4. The van der Waals surface area contributed by atoms with Crippen molar-refractivity contribution in [2.75, 3.05) is 25.5 Å². The summed E-state index contributed by atoms with van der Waals surface area (Å²) in [5, 5.41) is 21.7. The lowest BCUT2D eigenvalue weighted by atomic mass is 9.78. The van der Waals surface area contributed by atoms with Crippen LogP contribution in [0.4, 0.5) is 4.79 Å². The molecule has 1 unspecified atom stereocenters. The van der Waals surface area contributed by atoms with Gasteiger partial charge in [-0.05, 0) is 32.1 Å². The first-order valence-corrected chi connectivity index (χ1v) is 12.3. The molecule has 0 saturated heterocycles. The third kappa shape index (κ3) is 12.8. The van der Waals surface area contributed by atoms with E-state index in [4.69, 9.17) is 13.7 Å². The van der Waals surface area contributed by atoms with Crippen molar-refractivity contribution in [3.63, 3.8) is 0 Å². The number of hydrogen-bond acceptors (Lipinski definition) is 9. The lowest BCUT2D eigenvalue weighted by molar-refractivity contribution is -0.158. The normalized spacial score (nSPS) is 13.8. The van der Waals surface area contributed by atoms with Crippen molar-refractivity contribution in [1.29, 1.82) is 0 Å². The Labute approximate surface area is 189 Å². The molecular weight excluding hydrogens is 446 g/mol. The van der Waals surface area contributed by atoms with Crippen LogP contribution >= 0.6 is 0 Å². The number of unbranched alkanes of at least 4 members (excludes halogenated alkanes) is 2. The smallest absolute Gasteiger partial charge is 0.479 e. The molecule has 0 rings (SSSR count). The molecule has 0 aliphatic heterocycles. The fourth-order valence-electron chi connectivity index (χ4n) is 2.71. The number of aliphatic hydroxyl groups is 1. The topological polar surface area (TPSA) is 166 Å². The highest BCUT2D eigenvalue weighted by molar-refractivity contribution is 7.86. The average molecular weight is 484 g/mol. The first-order chi connectivity index (χ1) is 14.8. The molecule has 2 atom stereocenters. The zero-order valence-electron chi connectivity index (χ0n) is 19.3. The molecule has 0 aromatic carbocycles. The van der Waals surface area contributed by atoms with Gasteiger partial charge in [-0.25, -0.2) is 9.59 Å². The highest BCUT2D eigenvalue weighted by atomic mass is 32.2. The van der Waals surface area contributed by atoms with Crippen molar-refractivity contribution in [2.45, 2.75) is 78.4 Å². The van der Waals surface area contributed by atoms with E-state index in [2.05, 4.69) is 5.32 Å². The molecule has 11 nitrogen and oxygen atoms in total. The van der Waals surface area contributed by atoms with E-state index in [9.17, 15) is 33.0 Å². The van der Waals surface area contributed by atoms with Crippen LogP contribution in [0.25, 0.3) is 0 Å². The molecule has 0 aliphatic rings. The van der Waals surface area contributed by atoms with Gasteiger partial charge < -0.3 is 25.0 Å². The van der Waals surface area contributed by atoms with Crippen LogP contribution < -0.4 is 5.32 Å². The third-order valence-corrected chi connectivity index (χ3v) is 6.09. The van der Waals surface area contributed by atoms with Crippen LogP contribution in [0.1, 0.15) is 66.2 Å². The number of aliphatic carboxylic acids is 1. The summed E-state index contributed by atoms with van der Waals surface area (Å²) in [6.45, 7) is 6.55. The molecule has 188 valence electrons. The van der Waals surface area contributed by atoms with Crippen molar-refractivity contribution in [2.24, 2.45) is 5.41 Å². The van der Waals surface area contributed by atoms with Gasteiger partial charge in [0, 0.05) is 18.9 Å². The number of carboxylic acid groups (broad SMARTS) is 1. The van der Waals surface area contributed by atoms with Crippen LogP contribution in [0.3, 0.4) is 0 Å². The number of rotatable bonds is 17. The quantitative estimate of drug-likeness (QED) is 0.158. The SMILES string of the molecule is CCCCOC(=O)OCCCCC(OS(=O)(=O)CCCNC(C)=O)C(C)(C)[C@@H](O)C(=O)O. The van der Waals surface area contributed by atoms with Crippen molar-refractivity contribution >= 4 is 28.1 Å². The second-order valence-electron chi connectivity index (χ2n) is 8.04. The maximum atomic E-state index is 12.4. The molecule has 0 saturated carbocycles. The minimum absolute atomic E-state index is 0.0447. The number of ether oxygens (including phenoxy) is 2. The van der Waals surface area contributed by atoms with E-state index in [-0.39, 0.29) is 44.3 Å². The molecule has 0 heterocycles. The molecule has 0 radical (unpaired) electrons. The van der Waals surface area contributed by atoms with Gasteiger partial charge in [0.2, 0.25) is 5.91 Å². The van der Waals surface area contributed by atoms with E-state index >= 15 is 0 Å². The summed E-state index contributed by atoms with van der Waals surface area (Å²) >= 11 is 0. The number of carboxylic acids is 1. The van der Waals surface area contributed by atoms with E-state index < -0.39 is 39.9 Å². The van der Waals surface area contributed by atoms with Gasteiger partial charge >= 0.3 is 12.1 Å². The van der Waals surface area contributed by atoms with Gasteiger partial charge in [0.1, 0.15) is 0 Å². The van der Waals surface area contributed by atoms with Crippen LogP contribution in [0.15, 0.2) is 0 Å². The molecule has 0 fully saturated rings. The van der Waals surface area contributed by atoms with Crippen molar-refractivity contribution in [3.05, 3.63) is 0 Å². The zero-order valence-corrected chi connectivity index (χ0v) is 20.1. The Balaban J connectivity index is 4.87. The molecule has 0 spiro atoms. The summed E-state index contributed by atoms with van der Waals surface area (Å²) in [6.07, 6.45) is -1.22. The van der Waals surface area contributed by atoms with Crippen molar-refractivity contribution < 1.29 is 46.7 Å². The van der Waals surface area contributed by atoms with Gasteiger partial charge in [0.05, 0.1) is 25.1 Å². The monoisotopic (exact) mass is 483 g/mol. The van der Waals surface area contributed by atoms with Gasteiger partial charge in [0.15, 0.2) is 6.10 Å². The summed E-state index contributed by atoms with van der Waals surface area (Å²) in [6, 6.07) is 0. The number of nitrogens with one attached hydrogen (secondary N) is 1. The first-order valence-electron chi connectivity index (χ1n) is 10.7. The summed E-state index contributed by atoms with van der Waals surface area (Å²) in [5.41, 5.74) is -1.42. The van der Waals surface area contributed by atoms with E-state index in [0.29, 0.717) is 12.8 Å². The second-order valence-corrected chi connectivity index (χ2v) is 9.76. The number of aliphatic hydroxyl groups excluding tert-OH is 1. The fourth-order valence-corrected chi connectivity index (χ4v) is 4.00. The standard InChI is InChI=1S/C20H37NO10S/c1-5-6-12-29-19(26)30-13-8-7-10-16(20(3,4)17(23)18(24)25)31-32(27,28)14-9-11-21-15(2)22/h16-17,23H,5-14H2,1-4H3,(H,21,22)(H,24,25)/t16?,17-/m0/s1. The second kappa shape index (κ2) is 15.0. The molecular formula is C20H37NO10S. The number of hydrogen-bond donors (Lipinski definition) is 3. The predicted octanol–water partition coefficient (Wildman–Crippen LogP) is 1.82. The predicted molar refractivity (Wildman–Crippen MR) is 115 cm³/mol. The largest absolute Gasteiger partial charge is 0.508 e. The molecule has 1 amide bonds. The van der Waals surface area contributed by atoms with Gasteiger partial charge in [-0.3, -0.25) is 8.98 Å². The highest BCUT2D eigenvalue weighted by Crippen LogP contribution is 2.33. The minimum Gasteiger partial charge on any atom is -0.479 e. The Hall–Kier alpha value is -1.92. The molecule has 12 heteroatoms. The lowest BCUT2D eigenvalue weighted by Gasteiger charge is -2.35. The Bertz CT molecular complexity index is 692. The third-order valence-electron chi connectivity index (χ3n) is 4.77. The van der Waals surface area contributed by atoms with Crippen LogP contribution in [-0.4, -0.2) is 74.4 Å². The Morgan fingerprint density at radius 3 is 2.16 bits per heavy atom. The van der Waals surface area contributed by atoms with Crippen LogP contribution in [0.5, 0.6) is 0 Å². The number of amides is 1. The number of carbonyl (C=O) groups is 3. The zero-order chi connectivity index (χ0) is 24.8. The summed E-state index contributed by atoms with van der Waals surface area (Å²) in [4.78, 5) is 33.6. The van der Waals surface area contributed by atoms with E-state index in [0.717, 1.165) is 12.8 Å². The van der Waals surface area contributed by atoms with Gasteiger partial charge in [0.25, 0.3) is 10.1 Å². The maximum Gasteiger partial charge on any atom is 0.508 e. The molecule has 0 aromatic heterocycles. The summed E-state index contributed by atoms with van der Waals surface area (Å²) in [5.74, 6) is -2.16. The Morgan fingerprint density at radius 1 is 1.03 bits per heavy atom. The molecule has 0 bridgehead atoms. The van der Waals surface area contributed by atoms with E-state index in [1.807, 2.05) is 6.92 Å². The van der Waals surface area contributed by atoms with E-state index in [1.165, 1.54) is 20.8 Å². The molecule has 3 N–H and O–H groups in total. The molecule has 32 heavy (non-hydrogen) atoms. The van der Waals surface area contributed by atoms with Crippen LogP contribution in [-0.2, 0) is 33.4 Å². The average Bonchev–Trinajstić information content (AvgIpc) is 2.69. The van der Waals surface area contributed by atoms with Crippen molar-refractivity contribution in [3.8, 4) is 0 Å². The van der Waals surface area contributed by atoms with E-state index in [1.54, 1.807) is 0 Å². The van der Waals surface area contributed by atoms with Gasteiger partial charge in [-0.15, -0.1) is 0 Å². The lowest BCUT2D eigenvalue weighted by Crippen LogP contribution is -2.47. The van der Waals surface area contributed by atoms with Gasteiger partial charge in [-0.2, -0.15) is 8.42 Å². The van der Waals surface area contributed by atoms with Crippen LogP contribution in [0.2, 0.25) is 0 Å².